The monoisotopic (exact) mass is 257 g/mol. The van der Waals surface area contributed by atoms with Crippen LogP contribution >= 0.6 is 0 Å². The Morgan fingerprint density at radius 2 is 1.58 bits per heavy atom. The molecule has 1 aliphatic heterocycles. The average molecular weight is 257 g/mol. The van der Waals surface area contributed by atoms with Gasteiger partial charge in [0.05, 0.1) is 11.6 Å². The van der Waals surface area contributed by atoms with Gasteiger partial charge in [0, 0.05) is 5.71 Å². The van der Waals surface area contributed by atoms with Gasteiger partial charge in [0.2, 0.25) is 0 Å². The molecule has 1 atom stereocenters. The summed E-state index contributed by atoms with van der Waals surface area (Å²) in [6.45, 7) is 0. The Balaban J connectivity index is 1.96. The predicted octanol–water partition coefficient (Wildman–Crippen LogP) is 4.29. The molecular formula is C16H13F2N. The number of hydrogen-bond donors (Lipinski definition) is 0. The Hall–Kier alpha value is -2.03. The second-order valence-electron chi connectivity index (χ2n) is 4.64. The van der Waals surface area contributed by atoms with Gasteiger partial charge in [0.25, 0.3) is 0 Å². The van der Waals surface area contributed by atoms with Crippen LogP contribution in [0.4, 0.5) is 8.78 Å². The van der Waals surface area contributed by atoms with Gasteiger partial charge >= 0.3 is 0 Å². The van der Waals surface area contributed by atoms with Crippen LogP contribution in [0.3, 0.4) is 0 Å². The normalized spacial score (nSPS) is 18.4. The third-order valence-electron chi connectivity index (χ3n) is 3.40. The maximum atomic E-state index is 13.7. The van der Waals surface area contributed by atoms with Crippen LogP contribution < -0.4 is 0 Å². The van der Waals surface area contributed by atoms with Crippen molar-refractivity contribution >= 4 is 5.71 Å². The quantitative estimate of drug-likeness (QED) is 0.761. The predicted molar refractivity (Wildman–Crippen MR) is 71.3 cm³/mol. The van der Waals surface area contributed by atoms with E-state index in [9.17, 15) is 8.78 Å². The number of nitrogens with zero attached hydrogens (tertiary/aromatic N) is 1. The van der Waals surface area contributed by atoms with E-state index in [-0.39, 0.29) is 11.6 Å². The zero-order valence-corrected chi connectivity index (χ0v) is 10.3. The molecule has 0 aliphatic carbocycles. The minimum Gasteiger partial charge on any atom is -0.281 e. The van der Waals surface area contributed by atoms with E-state index in [4.69, 9.17) is 0 Å². The molecule has 19 heavy (non-hydrogen) atoms. The first-order valence-electron chi connectivity index (χ1n) is 6.31. The first kappa shape index (κ1) is 12.0. The molecule has 0 saturated carbocycles. The molecular weight excluding hydrogens is 244 g/mol. The second-order valence-corrected chi connectivity index (χ2v) is 4.64. The van der Waals surface area contributed by atoms with Gasteiger partial charge in [-0.1, -0.05) is 36.4 Å². The number of benzene rings is 2. The van der Waals surface area contributed by atoms with Crippen LogP contribution in [0, 0.1) is 11.6 Å². The summed E-state index contributed by atoms with van der Waals surface area (Å²) >= 11 is 0. The maximum absolute atomic E-state index is 13.7. The molecule has 2 aromatic carbocycles. The SMILES string of the molecule is Fc1cccc(F)c1C1=NC(c2ccccc2)CC1. The van der Waals surface area contributed by atoms with Gasteiger partial charge in [0.1, 0.15) is 11.6 Å². The molecule has 0 N–H and O–H groups in total. The molecule has 0 fully saturated rings. The summed E-state index contributed by atoms with van der Waals surface area (Å²) in [5.74, 6) is -1.07. The highest BCUT2D eigenvalue weighted by Crippen LogP contribution is 2.32. The lowest BCUT2D eigenvalue weighted by atomic mass is 10.0. The van der Waals surface area contributed by atoms with Gasteiger partial charge < -0.3 is 0 Å². The van der Waals surface area contributed by atoms with E-state index < -0.39 is 11.6 Å². The zero-order valence-electron chi connectivity index (χ0n) is 10.3. The van der Waals surface area contributed by atoms with Crippen molar-refractivity contribution in [1.82, 2.24) is 0 Å². The fourth-order valence-electron chi connectivity index (χ4n) is 2.47. The molecule has 1 unspecified atom stereocenters. The standard InChI is InChI=1S/C16H13F2N/c17-12-7-4-8-13(18)16(12)15-10-9-14(19-15)11-5-2-1-3-6-11/h1-8,14H,9-10H2. The van der Waals surface area contributed by atoms with Crippen molar-refractivity contribution in [2.45, 2.75) is 18.9 Å². The summed E-state index contributed by atoms with van der Waals surface area (Å²) in [4.78, 5) is 4.49. The summed E-state index contributed by atoms with van der Waals surface area (Å²) in [5, 5.41) is 0. The Bertz CT molecular complexity index is 600. The van der Waals surface area contributed by atoms with E-state index in [0.29, 0.717) is 12.1 Å². The van der Waals surface area contributed by atoms with Crippen LogP contribution in [0.2, 0.25) is 0 Å². The maximum Gasteiger partial charge on any atom is 0.135 e. The van der Waals surface area contributed by atoms with Crippen LogP contribution in [0.5, 0.6) is 0 Å². The number of aliphatic imine (C=N–C) groups is 1. The number of hydrogen-bond acceptors (Lipinski definition) is 1. The van der Waals surface area contributed by atoms with E-state index in [2.05, 4.69) is 4.99 Å². The van der Waals surface area contributed by atoms with Gasteiger partial charge in [-0.2, -0.15) is 0 Å². The minimum absolute atomic E-state index is 0.00945. The summed E-state index contributed by atoms with van der Waals surface area (Å²) < 4.78 is 27.4. The van der Waals surface area contributed by atoms with Gasteiger partial charge in [-0.15, -0.1) is 0 Å². The average Bonchev–Trinajstić information content (AvgIpc) is 2.89. The number of rotatable bonds is 2. The van der Waals surface area contributed by atoms with Crippen molar-refractivity contribution in [3.05, 3.63) is 71.3 Å². The van der Waals surface area contributed by atoms with E-state index in [0.717, 1.165) is 12.0 Å². The van der Waals surface area contributed by atoms with Gasteiger partial charge in [0.15, 0.2) is 0 Å². The third-order valence-corrected chi connectivity index (χ3v) is 3.40. The largest absolute Gasteiger partial charge is 0.281 e. The summed E-state index contributed by atoms with van der Waals surface area (Å²) in [6, 6.07) is 13.8. The Kier molecular flexibility index (Phi) is 3.11. The number of halogens is 2. The van der Waals surface area contributed by atoms with E-state index in [1.54, 1.807) is 0 Å². The Morgan fingerprint density at radius 1 is 0.895 bits per heavy atom. The lowest BCUT2D eigenvalue weighted by Gasteiger charge is -2.05. The topological polar surface area (TPSA) is 12.4 Å². The van der Waals surface area contributed by atoms with Crippen molar-refractivity contribution in [3.8, 4) is 0 Å². The minimum atomic E-state index is -0.535. The highest BCUT2D eigenvalue weighted by Gasteiger charge is 2.23. The zero-order chi connectivity index (χ0) is 13.2. The van der Waals surface area contributed by atoms with Crippen molar-refractivity contribution in [2.75, 3.05) is 0 Å². The molecule has 1 nitrogen and oxygen atoms in total. The molecule has 3 rings (SSSR count). The third kappa shape index (κ3) is 2.28. The first-order valence-corrected chi connectivity index (χ1v) is 6.31. The molecule has 96 valence electrons. The molecule has 0 aromatic heterocycles. The van der Waals surface area contributed by atoms with E-state index >= 15 is 0 Å². The summed E-state index contributed by atoms with van der Waals surface area (Å²) in [6.07, 6.45) is 1.41. The fourth-order valence-corrected chi connectivity index (χ4v) is 2.47. The molecule has 0 spiro atoms. The lowest BCUT2D eigenvalue weighted by molar-refractivity contribution is 0.578. The van der Waals surface area contributed by atoms with Crippen LogP contribution in [0.1, 0.15) is 30.0 Å². The van der Waals surface area contributed by atoms with Crippen molar-refractivity contribution in [2.24, 2.45) is 4.99 Å². The van der Waals surface area contributed by atoms with Gasteiger partial charge in [-0.05, 0) is 30.5 Å². The molecule has 2 aromatic rings. The summed E-state index contributed by atoms with van der Waals surface area (Å²) in [7, 11) is 0. The second kappa shape index (κ2) is 4.92. The van der Waals surface area contributed by atoms with Crippen LogP contribution in [0.15, 0.2) is 53.5 Å². The lowest BCUT2D eigenvalue weighted by Crippen LogP contribution is -2.03. The van der Waals surface area contributed by atoms with E-state index in [1.165, 1.54) is 18.2 Å². The summed E-state index contributed by atoms with van der Waals surface area (Å²) in [5.41, 5.74) is 1.65. The molecule has 0 amide bonds. The van der Waals surface area contributed by atoms with Crippen molar-refractivity contribution in [1.29, 1.82) is 0 Å². The Labute approximate surface area is 110 Å². The molecule has 0 saturated heterocycles. The molecule has 3 heteroatoms. The van der Waals surface area contributed by atoms with Gasteiger partial charge in [-0.3, -0.25) is 4.99 Å². The molecule has 0 radical (unpaired) electrons. The molecule has 1 heterocycles. The highest BCUT2D eigenvalue weighted by molar-refractivity contribution is 6.02. The molecule has 1 aliphatic rings. The van der Waals surface area contributed by atoms with Crippen LogP contribution in [0.25, 0.3) is 0 Å². The molecule has 0 bridgehead atoms. The van der Waals surface area contributed by atoms with E-state index in [1.807, 2.05) is 30.3 Å². The van der Waals surface area contributed by atoms with Crippen LogP contribution in [-0.2, 0) is 0 Å². The Morgan fingerprint density at radius 3 is 2.26 bits per heavy atom. The fraction of sp³-hybridized carbons (Fsp3) is 0.188. The van der Waals surface area contributed by atoms with Crippen molar-refractivity contribution < 1.29 is 8.78 Å². The van der Waals surface area contributed by atoms with Gasteiger partial charge in [-0.25, -0.2) is 8.78 Å². The smallest absolute Gasteiger partial charge is 0.135 e. The first-order chi connectivity index (χ1) is 9.25. The van der Waals surface area contributed by atoms with Crippen molar-refractivity contribution in [3.63, 3.8) is 0 Å². The highest BCUT2D eigenvalue weighted by atomic mass is 19.1. The van der Waals surface area contributed by atoms with Crippen LogP contribution in [-0.4, -0.2) is 5.71 Å².